The van der Waals surface area contributed by atoms with Crippen LogP contribution in [0.25, 0.3) is 11.1 Å². The molecule has 3 N–H and O–H groups in total. The van der Waals surface area contributed by atoms with Gasteiger partial charge in [0, 0.05) is 36.7 Å². The first-order chi connectivity index (χ1) is 22.1. The molecule has 4 rings (SSSR count). The highest BCUT2D eigenvalue weighted by molar-refractivity contribution is 5.94. The summed E-state index contributed by atoms with van der Waals surface area (Å²) in [5.74, 6) is -1.14. The van der Waals surface area contributed by atoms with E-state index in [4.69, 9.17) is 5.26 Å². The predicted molar refractivity (Wildman–Crippen MR) is 169 cm³/mol. The minimum Gasteiger partial charge on any atom is -0.465 e. The summed E-state index contributed by atoms with van der Waals surface area (Å²) in [7, 11) is 1.27. The second-order valence-electron chi connectivity index (χ2n) is 11.6. The maximum Gasteiger partial charge on any atom is 0.408 e. The van der Waals surface area contributed by atoms with Gasteiger partial charge in [0.25, 0.3) is 5.91 Å². The number of methoxy groups -OCH3 is 1. The van der Waals surface area contributed by atoms with E-state index in [0.717, 1.165) is 10.5 Å². The molecule has 1 unspecified atom stereocenters. The number of carboxylic acid groups (broad SMARTS) is 1. The fourth-order valence-electron chi connectivity index (χ4n) is 6.14. The maximum atomic E-state index is 15.6. The Hall–Kier alpha value is -4.95. The number of benzene rings is 3. The lowest BCUT2D eigenvalue weighted by Gasteiger charge is -2.43. The van der Waals surface area contributed by atoms with Gasteiger partial charge in [-0.3, -0.25) is 9.69 Å². The third-order valence-corrected chi connectivity index (χ3v) is 8.47. The Kier molecular flexibility index (Phi) is 11.3. The number of nitrogens with one attached hydrogen (secondary N) is 1. The molecule has 1 aliphatic rings. The molecule has 3 aromatic rings. The van der Waals surface area contributed by atoms with Crippen molar-refractivity contribution < 1.29 is 33.7 Å². The molecule has 0 aliphatic carbocycles. The quantitative estimate of drug-likeness (QED) is 0.183. The number of aryl methyl sites for hydroxylation is 1. The van der Waals surface area contributed by atoms with Crippen LogP contribution in [0.15, 0.2) is 66.7 Å². The molecular weight excluding hydrogens is 591 g/mol. The molecule has 11 heteroatoms. The molecule has 0 spiro atoms. The van der Waals surface area contributed by atoms with Crippen molar-refractivity contribution in [1.29, 1.82) is 5.26 Å². The number of rotatable bonds is 11. The summed E-state index contributed by atoms with van der Waals surface area (Å²) < 4.78 is 20.3. The van der Waals surface area contributed by atoms with Crippen molar-refractivity contribution in [2.45, 2.75) is 44.8 Å². The normalized spacial score (nSPS) is 15.7. The van der Waals surface area contributed by atoms with Crippen LogP contribution in [0.1, 0.15) is 52.7 Å². The van der Waals surface area contributed by atoms with Gasteiger partial charge in [-0.2, -0.15) is 5.26 Å². The molecule has 3 aromatic carbocycles. The van der Waals surface area contributed by atoms with E-state index < -0.39 is 29.5 Å². The van der Waals surface area contributed by atoms with E-state index in [0.29, 0.717) is 53.6 Å². The summed E-state index contributed by atoms with van der Waals surface area (Å²) in [5, 5.41) is 33.5. The molecule has 1 saturated heterocycles. The lowest BCUT2D eigenvalue weighted by Crippen LogP contribution is -2.48. The van der Waals surface area contributed by atoms with E-state index in [2.05, 4.69) is 10.1 Å². The van der Waals surface area contributed by atoms with Crippen LogP contribution in [-0.2, 0) is 16.9 Å². The Balaban J connectivity index is 1.62. The van der Waals surface area contributed by atoms with Gasteiger partial charge in [0.1, 0.15) is 12.4 Å². The first kappa shape index (κ1) is 33.9. The van der Waals surface area contributed by atoms with Gasteiger partial charge in [-0.25, -0.2) is 14.0 Å². The van der Waals surface area contributed by atoms with Gasteiger partial charge in [-0.1, -0.05) is 54.1 Å². The zero-order valence-electron chi connectivity index (χ0n) is 26.0. The zero-order valence-corrected chi connectivity index (χ0v) is 26.0. The lowest BCUT2D eigenvalue weighted by atomic mass is 9.72. The van der Waals surface area contributed by atoms with Gasteiger partial charge in [-0.05, 0) is 67.5 Å². The van der Waals surface area contributed by atoms with Crippen LogP contribution in [-0.4, -0.2) is 71.4 Å². The molecule has 2 atom stereocenters. The summed E-state index contributed by atoms with van der Waals surface area (Å²) in [4.78, 5) is 39.4. The third kappa shape index (κ3) is 8.00. The van der Waals surface area contributed by atoms with Gasteiger partial charge in [-0.15, -0.1) is 0 Å². The summed E-state index contributed by atoms with van der Waals surface area (Å²) >= 11 is 0. The number of hydrogen-bond acceptors (Lipinski definition) is 6. The smallest absolute Gasteiger partial charge is 0.408 e. The Morgan fingerprint density at radius 2 is 1.89 bits per heavy atom. The number of likely N-dealkylation sites (tertiary alicyclic amines) is 1. The summed E-state index contributed by atoms with van der Waals surface area (Å²) in [6.07, 6.45) is -0.00989. The van der Waals surface area contributed by atoms with E-state index in [1.807, 2.05) is 37.3 Å². The molecule has 0 radical (unpaired) electrons. The number of aliphatic hydroxyl groups is 1. The molecule has 0 aromatic heterocycles. The fourth-order valence-corrected chi connectivity index (χ4v) is 6.14. The number of nitrogens with zero attached hydrogens (tertiary/aromatic N) is 3. The molecule has 0 bridgehead atoms. The monoisotopic (exact) mass is 630 g/mol. The number of carbonyl (C=O) groups is 3. The van der Waals surface area contributed by atoms with Crippen LogP contribution < -0.4 is 5.32 Å². The molecule has 242 valence electrons. The van der Waals surface area contributed by atoms with Crippen molar-refractivity contribution in [2.24, 2.45) is 5.92 Å². The molecule has 3 amide bonds. The van der Waals surface area contributed by atoms with Crippen molar-refractivity contribution in [1.82, 2.24) is 15.1 Å². The SMILES string of the molecule is COC(=O)NCCCC(O)(c1cccc(F)c1-c1cccc(C)c1)[C@@H]1CCCN(C(=O)c2ccc(CN(CC#N)C(=O)O)cc2)C1. The first-order valence-electron chi connectivity index (χ1n) is 15.2. The van der Waals surface area contributed by atoms with Gasteiger partial charge >= 0.3 is 12.2 Å². The molecule has 0 saturated carbocycles. The van der Waals surface area contributed by atoms with E-state index in [1.54, 1.807) is 41.3 Å². The lowest BCUT2D eigenvalue weighted by molar-refractivity contribution is -0.0564. The van der Waals surface area contributed by atoms with E-state index in [9.17, 15) is 24.6 Å². The highest BCUT2D eigenvalue weighted by Crippen LogP contribution is 2.44. The van der Waals surface area contributed by atoms with Gasteiger partial charge in [0.15, 0.2) is 0 Å². The number of ether oxygens (including phenoxy) is 1. The molecule has 10 nitrogen and oxygen atoms in total. The number of piperidine rings is 1. The second kappa shape index (κ2) is 15.4. The summed E-state index contributed by atoms with van der Waals surface area (Å²) in [6, 6.07) is 20.5. The predicted octanol–water partition coefficient (Wildman–Crippen LogP) is 5.68. The Morgan fingerprint density at radius 3 is 2.57 bits per heavy atom. The highest BCUT2D eigenvalue weighted by atomic mass is 19.1. The van der Waals surface area contributed by atoms with E-state index in [-0.39, 0.29) is 38.5 Å². The van der Waals surface area contributed by atoms with E-state index in [1.165, 1.54) is 13.2 Å². The van der Waals surface area contributed by atoms with Crippen molar-refractivity contribution in [3.63, 3.8) is 0 Å². The number of hydrogen-bond donors (Lipinski definition) is 3. The third-order valence-electron chi connectivity index (χ3n) is 8.47. The maximum absolute atomic E-state index is 15.6. The number of carbonyl (C=O) groups excluding carboxylic acids is 2. The number of alkyl carbamates (subject to hydrolysis) is 1. The average molecular weight is 631 g/mol. The minimum atomic E-state index is -1.54. The Bertz CT molecular complexity index is 1590. The average Bonchev–Trinajstić information content (AvgIpc) is 3.06. The van der Waals surface area contributed by atoms with Crippen molar-refractivity contribution >= 4 is 18.1 Å². The van der Waals surface area contributed by atoms with Crippen molar-refractivity contribution in [3.8, 4) is 17.2 Å². The number of halogens is 1. The standard InChI is InChI=1S/C35H39FN4O6/c1-24-7-3-8-27(21-24)31-29(10-4-11-30(31)36)35(45,16-6-18-38-33(42)46-2)28-9-5-19-39(23-28)32(41)26-14-12-25(13-15-26)22-40(20-17-37)34(43)44/h3-4,7-8,10-15,21,28,45H,5-6,9,16,18-20,22-23H2,1-2H3,(H,38,42)(H,43,44)/t28-,35?/m1/s1. The Labute approximate surface area is 268 Å². The number of amides is 3. The minimum absolute atomic E-state index is 0.0118. The van der Waals surface area contributed by atoms with E-state index >= 15 is 4.39 Å². The van der Waals surface area contributed by atoms with Crippen LogP contribution in [0.4, 0.5) is 14.0 Å². The molecule has 1 heterocycles. The van der Waals surface area contributed by atoms with Crippen LogP contribution in [0, 0.1) is 30.0 Å². The van der Waals surface area contributed by atoms with Gasteiger partial charge in [0.2, 0.25) is 0 Å². The largest absolute Gasteiger partial charge is 0.465 e. The molecule has 46 heavy (non-hydrogen) atoms. The van der Waals surface area contributed by atoms with Crippen LogP contribution in [0.5, 0.6) is 0 Å². The fraction of sp³-hybridized carbons (Fsp3) is 0.371. The van der Waals surface area contributed by atoms with Crippen LogP contribution >= 0.6 is 0 Å². The number of nitriles is 1. The van der Waals surface area contributed by atoms with Gasteiger partial charge in [0.05, 0.1) is 25.3 Å². The van der Waals surface area contributed by atoms with Crippen molar-refractivity contribution in [3.05, 3.63) is 94.8 Å². The van der Waals surface area contributed by atoms with Crippen LogP contribution in [0.3, 0.4) is 0 Å². The Morgan fingerprint density at radius 1 is 1.15 bits per heavy atom. The topological polar surface area (TPSA) is 143 Å². The highest BCUT2D eigenvalue weighted by Gasteiger charge is 2.43. The molecule has 1 fully saturated rings. The molecular formula is C35H39FN4O6. The first-order valence-corrected chi connectivity index (χ1v) is 15.2. The summed E-state index contributed by atoms with van der Waals surface area (Å²) in [6.45, 7) is 2.58. The van der Waals surface area contributed by atoms with Gasteiger partial charge < -0.3 is 25.2 Å². The molecule has 1 aliphatic heterocycles. The van der Waals surface area contributed by atoms with Crippen LogP contribution in [0.2, 0.25) is 0 Å². The second-order valence-corrected chi connectivity index (χ2v) is 11.6. The zero-order chi connectivity index (χ0) is 33.3. The van der Waals surface area contributed by atoms with Crippen molar-refractivity contribution in [2.75, 3.05) is 33.3 Å². The summed E-state index contributed by atoms with van der Waals surface area (Å²) in [5.41, 5.74) is 1.82.